The van der Waals surface area contributed by atoms with Gasteiger partial charge in [0.25, 0.3) is 5.56 Å². The summed E-state index contributed by atoms with van der Waals surface area (Å²) in [6, 6.07) is 0. The van der Waals surface area contributed by atoms with Crippen LogP contribution in [0.15, 0.2) is 11.1 Å². The van der Waals surface area contributed by atoms with E-state index in [0.29, 0.717) is 16.0 Å². The molecule has 0 fully saturated rings. The van der Waals surface area contributed by atoms with Crippen molar-refractivity contribution in [3.8, 4) is 0 Å². The third kappa shape index (κ3) is 4.66. The highest BCUT2D eigenvalue weighted by Gasteiger charge is 2.10. The van der Waals surface area contributed by atoms with Crippen molar-refractivity contribution in [3.63, 3.8) is 0 Å². The number of hydrogen-bond acceptors (Lipinski definition) is 4. The van der Waals surface area contributed by atoms with Gasteiger partial charge in [-0.15, -0.1) is 0 Å². The molecule has 0 aliphatic rings. The van der Waals surface area contributed by atoms with Gasteiger partial charge in [0, 0.05) is 6.54 Å². The van der Waals surface area contributed by atoms with Crippen LogP contribution in [-0.2, 0) is 6.54 Å². The van der Waals surface area contributed by atoms with Gasteiger partial charge in [-0.05, 0) is 42.0 Å². The first-order valence-electron chi connectivity index (χ1n) is 6.02. The van der Waals surface area contributed by atoms with Crippen LogP contribution in [0.4, 0.5) is 0 Å². The summed E-state index contributed by atoms with van der Waals surface area (Å²) in [5.74, 6) is 0.543. The maximum atomic E-state index is 11.9. The SMILES string of the molecule is Cc1ncn(CC(O)CNCC(C)C)c(=O)c1I. The molecular formula is C12H20IN3O2. The fourth-order valence-corrected chi connectivity index (χ4v) is 1.96. The highest BCUT2D eigenvalue weighted by molar-refractivity contribution is 14.1. The Morgan fingerprint density at radius 2 is 2.17 bits per heavy atom. The highest BCUT2D eigenvalue weighted by atomic mass is 127. The van der Waals surface area contributed by atoms with Crippen LogP contribution in [0, 0.1) is 16.4 Å². The number of aromatic nitrogens is 2. The molecule has 1 heterocycles. The molecule has 1 aromatic heterocycles. The van der Waals surface area contributed by atoms with E-state index in [1.807, 2.05) is 22.6 Å². The average Bonchev–Trinajstić information content (AvgIpc) is 2.29. The average molecular weight is 365 g/mol. The lowest BCUT2D eigenvalue weighted by Crippen LogP contribution is -2.36. The number of hydrogen-bond donors (Lipinski definition) is 2. The molecule has 1 aromatic rings. The van der Waals surface area contributed by atoms with Gasteiger partial charge >= 0.3 is 0 Å². The Hall–Kier alpha value is -0.470. The largest absolute Gasteiger partial charge is 0.390 e. The van der Waals surface area contributed by atoms with Crippen LogP contribution in [0.1, 0.15) is 19.5 Å². The summed E-state index contributed by atoms with van der Waals surface area (Å²) in [6.07, 6.45) is 0.910. The molecule has 0 amide bonds. The van der Waals surface area contributed by atoms with Crippen molar-refractivity contribution in [2.75, 3.05) is 13.1 Å². The number of aliphatic hydroxyl groups is 1. The zero-order valence-electron chi connectivity index (χ0n) is 11.0. The Balaban J connectivity index is 2.57. The van der Waals surface area contributed by atoms with E-state index in [4.69, 9.17) is 0 Å². The van der Waals surface area contributed by atoms with Gasteiger partial charge in [0.15, 0.2) is 0 Å². The minimum atomic E-state index is -0.582. The molecule has 0 radical (unpaired) electrons. The highest BCUT2D eigenvalue weighted by Crippen LogP contribution is 2.01. The Bertz CT molecular complexity index is 445. The number of aryl methyl sites for hydroxylation is 1. The molecule has 2 N–H and O–H groups in total. The fraction of sp³-hybridized carbons (Fsp3) is 0.667. The molecule has 0 bridgehead atoms. The van der Waals surface area contributed by atoms with Crippen molar-refractivity contribution >= 4 is 22.6 Å². The molecule has 5 nitrogen and oxygen atoms in total. The number of halogens is 1. The smallest absolute Gasteiger partial charge is 0.267 e. The van der Waals surface area contributed by atoms with Crippen LogP contribution in [0.5, 0.6) is 0 Å². The molecule has 1 atom stereocenters. The van der Waals surface area contributed by atoms with Crippen molar-refractivity contribution < 1.29 is 5.11 Å². The minimum absolute atomic E-state index is 0.0917. The molecule has 0 aromatic carbocycles. The maximum absolute atomic E-state index is 11.9. The van der Waals surface area contributed by atoms with Crippen molar-refractivity contribution in [2.24, 2.45) is 5.92 Å². The van der Waals surface area contributed by atoms with Crippen LogP contribution in [-0.4, -0.2) is 33.9 Å². The summed E-state index contributed by atoms with van der Waals surface area (Å²) in [5, 5.41) is 13.0. The topological polar surface area (TPSA) is 67.2 Å². The molecule has 0 aliphatic heterocycles. The quantitative estimate of drug-likeness (QED) is 0.731. The number of nitrogens with zero attached hydrogens (tertiary/aromatic N) is 2. The first-order chi connectivity index (χ1) is 8.41. The molecule has 0 saturated heterocycles. The second-order valence-electron chi connectivity index (χ2n) is 4.81. The second kappa shape index (κ2) is 7.20. The van der Waals surface area contributed by atoms with Crippen LogP contribution in [0.2, 0.25) is 0 Å². The Morgan fingerprint density at radius 1 is 1.50 bits per heavy atom. The summed E-state index contributed by atoms with van der Waals surface area (Å²) in [5.41, 5.74) is 0.635. The van der Waals surface area contributed by atoms with Crippen LogP contribution in [0.25, 0.3) is 0 Å². The molecule has 18 heavy (non-hydrogen) atoms. The normalized spacial score (nSPS) is 13.0. The van der Waals surface area contributed by atoms with Gasteiger partial charge in [-0.3, -0.25) is 9.36 Å². The van der Waals surface area contributed by atoms with E-state index in [2.05, 4.69) is 24.1 Å². The molecule has 0 saturated carbocycles. The van der Waals surface area contributed by atoms with E-state index in [-0.39, 0.29) is 12.1 Å². The Labute approximate surface area is 121 Å². The van der Waals surface area contributed by atoms with Crippen LogP contribution < -0.4 is 10.9 Å². The Morgan fingerprint density at radius 3 is 2.78 bits per heavy atom. The van der Waals surface area contributed by atoms with Crippen molar-refractivity contribution in [3.05, 3.63) is 25.9 Å². The number of rotatable bonds is 6. The predicted octanol–water partition coefficient (Wildman–Crippen LogP) is 0.763. The predicted molar refractivity (Wildman–Crippen MR) is 79.7 cm³/mol. The first kappa shape index (κ1) is 15.6. The van der Waals surface area contributed by atoms with Gasteiger partial charge in [0.05, 0.1) is 28.2 Å². The van der Waals surface area contributed by atoms with Crippen LogP contribution >= 0.6 is 22.6 Å². The van der Waals surface area contributed by atoms with Crippen LogP contribution in [0.3, 0.4) is 0 Å². The Kier molecular flexibility index (Phi) is 6.24. The minimum Gasteiger partial charge on any atom is -0.390 e. The molecule has 6 heteroatoms. The van der Waals surface area contributed by atoms with E-state index in [1.54, 1.807) is 6.92 Å². The summed E-state index contributed by atoms with van der Waals surface area (Å²) in [7, 11) is 0. The molecule has 102 valence electrons. The first-order valence-corrected chi connectivity index (χ1v) is 7.10. The number of nitrogens with one attached hydrogen (secondary N) is 1. The van der Waals surface area contributed by atoms with Gasteiger partial charge in [-0.2, -0.15) is 0 Å². The maximum Gasteiger partial charge on any atom is 0.267 e. The monoisotopic (exact) mass is 365 g/mol. The van der Waals surface area contributed by atoms with E-state index in [9.17, 15) is 9.90 Å². The van der Waals surface area contributed by atoms with E-state index in [0.717, 1.165) is 12.2 Å². The van der Waals surface area contributed by atoms with Gasteiger partial charge in [0.2, 0.25) is 0 Å². The van der Waals surface area contributed by atoms with E-state index < -0.39 is 6.10 Å². The van der Waals surface area contributed by atoms with E-state index >= 15 is 0 Å². The summed E-state index contributed by atoms with van der Waals surface area (Å²) in [4.78, 5) is 16.0. The lowest BCUT2D eigenvalue weighted by atomic mass is 10.2. The third-order valence-corrected chi connectivity index (χ3v) is 3.74. The van der Waals surface area contributed by atoms with Crippen molar-refractivity contribution in [1.29, 1.82) is 0 Å². The van der Waals surface area contributed by atoms with Gasteiger partial charge in [0.1, 0.15) is 0 Å². The molecule has 0 spiro atoms. The molecule has 1 unspecified atom stereocenters. The van der Waals surface area contributed by atoms with Crippen molar-refractivity contribution in [1.82, 2.24) is 14.9 Å². The lowest BCUT2D eigenvalue weighted by molar-refractivity contribution is 0.148. The zero-order chi connectivity index (χ0) is 13.7. The summed E-state index contributed by atoms with van der Waals surface area (Å²) >= 11 is 1.99. The number of aliphatic hydroxyl groups excluding tert-OH is 1. The zero-order valence-corrected chi connectivity index (χ0v) is 13.1. The lowest BCUT2D eigenvalue weighted by Gasteiger charge is -2.14. The standard InChI is InChI=1S/C12H20IN3O2/c1-8(2)4-14-5-10(17)6-16-7-15-9(3)11(13)12(16)18/h7-8,10,14,17H,4-6H2,1-3H3. The molecule has 1 rings (SSSR count). The fourth-order valence-electron chi connectivity index (χ4n) is 1.51. The van der Waals surface area contributed by atoms with Gasteiger partial charge in [-0.1, -0.05) is 13.8 Å². The second-order valence-corrected chi connectivity index (χ2v) is 5.89. The third-order valence-electron chi connectivity index (χ3n) is 2.50. The van der Waals surface area contributed by atoms with Gasteiger partial charge in [-0.25, -0.2) is 4.98 Å². The molecule has 0 aliphatic carbocycles. The van der Waals surface area contributed by atoms with Crippen molar-refractivity contribution in [2.45, 2.75) is 33.4 Å². The summed E-state index contributed by atoms with van der Waals surface area (Å²) in [6.45, 7) is 7.62. The summed E-state index contributed by atoms with van der Waals surface area (Å²) < 4.78 is 2.06. The molecular weight excluding hydrogens is 345 g/mol. The van der Waals surface area contributed by atoms with Gasteiger partial charge < -0.3 is 10.4 Å². The van der Waals surface area contributed by atoms with E-state index in [1.165, 1.54) is 10.9 Å².